The van der Waals surface area contributed by atoms with Gasteiger partial charge in [0.2, 0.25) is 15.9 Å². The van der Waals surface area contributed by atoms with Crippen LogP contribution in [-0.2, 0) is 14.8 Å². The first-order valence-electron chi connectivity index (χ1n) is 8.86. The minimum Gasteiger partial charge on any atom is -0.324 e. The molecule has 0 saturated carbocycles. The number of amides is 3. The molecule has 1 heterocycles. The number of sulfonamides is 1. The third kappa shape index (κ3) is 3.54. The van der Waals surface area contributed by atoms with Gasteiger partial charge in [0.25, 0.3) is 11.8 Å². The fourth-order valence-corrected chi connectivity index (χ4v) is 3.95. The summed E-state index contributed by atoms with van der Waals surface area (Å²) in [5.41, 5.74) is 1.45. The number of imide groups is 1. The number of anilines is 1. The van der Waals surface area contributed by atoms with Crippen molar-refractivity contribution in [2.24, 2.45) is 0 Å². The van der Waals surface area contributed by atoms with Crippen LogP contribution in [0.4, 0.5) is 5.69 Å². The SMILES string of the molecule is Cc1ccc(S(=O)(=O)N(C)C)cc1NC(=O)[C@H](C)N1C(=O)c2ccccc2C1=O. The van der Waals surface area contributed by atoms with Gasteiger partial charge in [0.15, 0.2) is 0 Å². The van der Waals surface area contributed by atoms with Gasteiger partial charge in [-0.3, -0.25) is 19.3 Å². The summed E-state index contributed by atoms with van der Waals surface area (Å²) < 4.78 is 25.8. The number of aryl methyl sites for hydroxylation is 1. The average molecular weight is 415 g/mol. The minimum absolute atomic E-state index is 0.0248. The van der Waals surface area contributed by atoms with Crippen LogP contribution in [0.15, 0.2) is 47.4 Å². The Kier molecular flexibility index (Phi) is 5.29. The number of nitrogens with one attached hydrogen (secondary N) is 1. The Morgan fingerprint density at radius 1 is 1.03 bits per heavy atom. The molecule has 1 aliphatic rings. The minimum atomic E-state index is -3.68. The van der Waals surface area contributed by atoms with E-state index in [1.165, 1.54) is 33.2 Å². The number of benzene rings is 2. The lowest BCUT2D eigenvalue weighted by molar-refractivity contribution is -0.119. The quantitative estimate of drug-likeness (QED) is 0.751. The zero-order valence-corrected chi connectivity index (χ0v) is 17.3. The summed E-state index contributed by atoms with van der Waals surface area (Å²) in [5, 5.41) is 2.64. The topological polar surface area (TPSA) is 104 Å². The molecule has 0 aliphatic carbocycles. The van der Waals surface area contributed by atoms with Crippen molar-refractivity contribution in [3.63, 3.8) is 0 Å². The van der Waals surface area contributed by atoms with Gasteiger partial charge in [-0.25, -0.2) is 12.7 Å². The summed E-state index contributed by atoms with van der Waals surface area (Å²) in [6.07, 6.45) is 0. The molecule has 1 N–H and O–H groups in total. The van der Waals surface area contributed by atoms with Crippen molar-refractivity contribution in [1.29, 1.82) is 0 Å². The highest BCUT2D eigenvalue weighted by Gasteiger charge is 2.40. The average Bonchev–Trinajstić information content (AvgIpc) is 2.93. The van der Waals surface area contributed by atoms with Crippen molar-refractivity contribution in [2.45, 2.75) is 24.8 Å². The third-order valence-corrected chi connectivity index (χ3v) is 6.65. The van der Waals surface area contributed by atoms with Crippen molar-refractivity contribution < 1.29 is 22.8 Å². The number of carbonyl (C=O) groups is 3. The second-order valence-corrected chi connectivity index (χ2v) is 9.11. The van der Waals surface area contributed by atoms with E-state index in [9.17, 15) is 22.8 Å². The lowest BCUT2D eigenvalue weighted by Crippen LogP contribution is -2.45. The molecule has 1 aliphatic heterocycles. The second kappa shape index (κ2) is 7.41. The van der Waals surface area contributed by atoms with Crippen LogP contribution in [0.5, 0.6) is 0 Å². The van der Waals surface area contributed by atoms with E-state index in [-0.39, 0.29) is 16.0 Å². The number of rotatable bonds is 5. The van der Waals surface area contributed by atoms with Crippen LogP contribution in [0.2, 0.25) is 0 Å². The van der Waals surface area contributed by atoms with Gasteiger partial charge >= 0.3 is 0 Å². The number of hydrogen-bond donors (Lipinski definition) is 1. The molecule has 2 aromatic carbocycles. The number of nitrogens with zero attached hydrogens (tertiary/aromatic N) is 2. The molecule has 3 rings (SSSR count). The van der Waals surface area contributed by atoms with Crippen molar-refractivity contribution in [1.82, 2.24) is 9.21 Å². The van der Waals surface area contributed by atoms with Crippen molar-refractivity contribution in [3.05, 3.63) is 59.2 Å². The van der Waals surface area contributed by atoms with Gasteiger partial charge < -0.3 is 5.32 Å². The van der Waals surface area contributed by atoms with Gasteiger partial charge in [-0.15, -0.1) is 0 Å². The molecule has 29 heavy (non-hydrogen) atoms. The highest BCUT2D eigenvalue weighted by Crippen LogP contribution is 2.26. The van der Waals surface area contributed by atoms with Crippen molar-refractivity contribution >= 4 is 33.4 Å². The Morgan fingerprint density at radius 3 is 2.10 bits per heavy atom. The summed E-state index contributed by atoms with van der Waals surface area (Å²) in [4.78, 5) is 38.9. The summed E-state index contributed by atoms with van der Waals surface area (Å²) in [6, 6.07) is 9.71. The van der Waals surface area contributed by atoms with Gasteiger partial charge in [-0.05, 0) is 43.7 Å². The normalized spacial score (nSPS) is 14.9. The maximum atomic E-state index is 12.8. The maximum Gasteiger partial charge on any atom is 0.262 e. The molecule has 8 nitrogen and oxygen atoms in total. The third-order valence-electron chi connectivity index (χ3n) is 4.84. The standard InChI is InChI=1S/C20H21N3O5S/c1-12-9-10-14(29(27,28)22(3)4)11-17(12)21-18(24)13(2)23-19(25)15-7-5-6-8-16(15)20(23)26/h5-11,13H,1-4H3,(H,21,24)/t13-/m0/s1. The molecular weight excluding hydrogens is 394 g/mol. The van der Waals surface area contributed by atoms with Crippen molar-refractivity contribution in [2.75, 3.05) is 19.4 Å². The molecule has 3 amide bonds. The first-order valence-corrected chi connectivity index (χ1v) is 10.3. The van der Waals surface area contributed by atoms with Crippen LogP contribution in [0.25, 0.3) is 0 Å². The van der Waals surface area contributed by atoms with Gasteiger partial charge in [-0.2, -0.15) is 0 Å². The van der Waals surface area contributed by atoms with Gasteiger partial charge in [0.05, 0.1) is 16.0 Å². The van der Waals surface area contributed by atoms with E-state index in [1.54, 1.807) is 37.3 Å². The second-order valence-electron chi connectivity index (χ2n) is 6.96. The molecule has 0 spiro atoms. The lowest BCUT2D eigenvalue weighted by Gasteiger charge is -2.22. The number of carbonyl (C=O) groups excluding carboxylic acids is 3. The number of hydrogen-bond acceptors (Lipinski definition) is 5. The molecule has 0 fully saturated rings. The van der Waals surface area contributed by atoms with E-state index < -0.39 is 33.8 Å². The molecule has 0 radical (unpaired) electrons. The molecule has 1 atom stereocenters. The summed E-state index contributed by atoms with van der Waals surface area (Å²) in [7, 11) is -0.849. The van der Waals surface area contributed by atoms with Crippen LogP contribution in [-0.4, -0.2) is 55.5 Å². The fourth-order valence-electron chi connectivity index (χ4n) is 3.02. The predicted octanol–water partition coefficient (Wildman–Crippen LogP) is 1.87. The van der Waals surface area contributed by atoms with E-state index in [4.69, 9.17) is 0 Å². The molecule has 152 valence electrons. The first-order chi connectivity index (χ1) is 13.6. The smallest absolute Gasteiger partial charge is 0.262 e. The summed E-state index contributed by atoms with van der Waals surface area (Å²) in [6.45, 7) is 3.17. The molecule has 2 aromatic rings. The molecule has 0 aromatic heterocycles. The Morgan fingerprint density at radius 2 is 1.59 bits per heavy atom. The highest BCUT2D eigenvalue weighted by atomic mass is 32.2. The zero-order chi connectivity index (χ0) is 21.5. The Labute approximate surface area is 169 Å². The molecule has 0 unspecified atom stereocenters. The van der Waals surface area contributed by atoms with E-state index in [1.807, 2.05) is 0 Å². The summed E-state index contributed by atoms with van der Waals surface area (Å²) >= 11 is 0. The first kappa shape index (κ1) is 20.7. The molecular formula is C20H21N3O5S. The molecule has 0 saturated heterocycles. The van der Waals surface area contributed by atoms with Gasteiger partial charge in [0.1, 0.15) is 6.04 Å². The van der Waals surface area contributed by atoms with E-state index in [2.05, 4.69) is 5.32 Å². The fraction of sp³-hybridized carbons (Fsp3) is 0.250. The summed E-state index contributed by atoms with van der Waals surface area (Å²) in [5.74, 6) is -1.66. The Balaban J connectivity index is 1.86. The zero-order valence-electron chi connectivity index (χ0n) is 16.5. The highest BCUT2D eigenvalue weighted by molar-refractivity contribution is 7.89. The van der Waals surface area contributed by atoms with Crippen molar-refractivity contribution in [3.8, 4) is 0 Å². The van der Waals surface area contributed by atoms with Gasteiger partial charge in [0, 0.05) is 19.8 Å². The van der Waals surface area contributed by atoms with Crippen LogP contribution >= 0.6 is 0 Å². The maximum absolute atomic E-state index is 12.8. The predicted molar refractivity (Wildman–Crippen MR) is 107 cm³/mol. The number of fused-ring (bicyclic) bond motifs is 1. The Bertz CT molecular complexity index is 1090. The van der Waals surface area contributed by atoms with Crippen LogP contribution in [0, 0.1) is 6.92 Å². The van der Waals surface area contributed by atoms with E-state index in [0.717, 1.165) is 9.21 Å². The molecule has 0 bridgehead atoms. The van der Waals surface area contributed by atoms with Crippen LogP contribution < -0.4 is 5.32 Å². The Hall–Kier alpha value is -3.04. The lowest BCUT2D eigenvalue weighted by atomic mass is 10.1. The van der Waals surface area contributed by atoms with E-state index >= 15 is 0 Å². The monoisotopic (exact) mass is 415 g/mol. The molecule has 9 heteroatoms. The largest absolute Gasteiger partial charge is 0.324 e. The van der Waals surface area contributed by atoms with Crippen LogP contribution in [0.3, 0.4) is 0 Å². The van der Waals surface area contributed by atoms with Crippen LogP contribution in [0.1, 0.15) is 33.2 Å². The van der Waals surface area contributed by atoms with E-state index in [0.29, 0.717) is 11.3 Å². The van der Waals surface area contributed by atoms with Gasteiger partial charge in [-0.1, -0.05) is 18.2 Å².